The van der Waals surface area contributed by atoms with Crippen molar-refractivity contribution in [1.82, 2.24) is 10.5 Å². The van der Waals surface area contributed by atoms with Crippen LogP contribution in [0.3, 0.4) is 0 Å². The topological polar surface area (TPSA) is 72.2 Å². The van der Waals surface area contributed by atoms with Gasteiger partial charge in [-0.3, -0.25) is 0 Å². The molecule has 0 saturated heterocycles. The maximum absolute atomic E-state index is 13.4. The van der Waals surface area contributed by atoms with Gasteiger partial charge in [-0.2, -0.15) is 0 Å². The summed E-state index contributed by atoms with van der Waals surface area (Å²) in [5, 5.41) is 6.78. The predicted octanol–water partition coefficient (Wildman–Crippen LogP) is 1.82. The molecule has 106 valence electrons. The SMILES string of the molecule is O=S1(=O)CCC(NCc2ccno2)c2cc(F)ccc21. The zero-order valence-corrected chi connectivity index (χ0v) is 11.4. The fraction of sp³-hybridized carbons (Fsp3) is 0.308. The molecule has 0 amide bonds. The molecule has 0 radical (unpaired) electrons. The van der Waals surface area contributed by atoms with Crippen molar-refractivity contribution in [2.75, 3.05) is 5.75 Å². The molecule has 1 aromatic carbocycles. The minimum atomic E-state index is -3.31. The van der Waals surface area contributed by atoms with Crippen molar-refractivity contribution >= 4 is 9.84 Å². The van der Waals surface area contributed by atoms with E-state index in [4.69, 9.17) is 4.52 Å². The van der Waals surface area contributed by atoms with Crippen LogP contribution in [0.1, 0.15) is 23.8 Å². The zero-order valence-electron chi connectivity index (χ0n) is 10.5. The molecular formula is C13H13FN2O3S. The van der Waals surface area contributed by atoms with Crippen LogP contribution in [0.4, 0.5) is 4.39 Å². The van der Waals surface area contributed by atoms with Crippen LogP contribution in [-0.4, -0.2) is 19.3 Å². The first kappa shape index (κ1) is 13.3. The van der Waals surface area contributed by atoms with Gasteiger partial charge in [0.05, 0.1) is 23.4 Å². The quantitative estimate of drug-likeness (QED) is 0.875. The van der Waals surface area contributed by atoms with E-state index in [2.05, 4.69) is 10.5 Å². The monoisotopic (exact) mass is 296 g/mol. The molecule has 2 aromatic rings. The van der Waals surface area contributed by atoms with Gasteiger partial charge in [-0.05, 0) is 30.2 Å². The van der Waals surface area contributed by atoms with Gasteiger partial charge in [0.15, 0.2) is 9.84 Å². The van der Waals surface area contributed by atoms with Crippen molar-refractivity contribution in [2.24, 2.45) is 0 Å². The Kier molecular flexibility index (Phi) is 3.31. The molecule has 1 unspecified atom stereocenters. The van der Waals surface area contributed by atoms with Crippen molar-refractivity contribution in [1.29, 1.82) is 0 Å². The Labute approximate surface area is 115 Å². The number of nitrogens with one attached hydrogen (secondary N) is 1. The van der Waals surface area contributed by atoms with E-state index >= 15 is 0 Å². The lowest BCUT2D eigenvalue weighted by Gasteiger charge is -2.26. The number of halogens is 1. The first-order valence-electron chi connectivity index (χ1n) is 6.21. The minimum absolute atomic E-state index is 0.0553. The van der Waals surface area contributed by atoms with E-state index in [1.165, 1.54) is 24.4 Å². The highest BCUT2D eigenvalue weighted by Crippen LogP contribution is 2.32. The summed E-state index contributed by atoms with van der Waals surface area (Å²) in [6.07, 6.45) is 1.95. The molecule has 2 heterocycles. The third kappa shape index (κ3) is 2.46. The Morgan fingerprint density at radius 3 is 3.00 bits per heavy atom. The molecule has 1 aromatic heterocycles. The standard InChI is InChI=1S/C13H13FN2O3S/c14-9-1-2-13-11(7-9)12(4-6-20(13,17)18)15-8-10-3-5-16-19-10/h1-3,5,7,12,15H,4,6,8H2. The molecule has 0 bridgehead atoms. The van der Waals surface area contributed by atoms with E-state index in [0.717, 1.165) is 0 Å². The summed E-state index contributed by atoms with van der Waals surface area (Å²) in [6.45, 7) is 0.417. The second-order valence-electron chi connectivity index (χ2n) is 4.70. The number of benzene rings is 1. The molecule has 3 rings (SSSR count). The molecule has 1 atom stereocenters. The fourth-order valence-corrected chi connectivity index (χ4v) is 3.98. The van der Waals surface area contributed by atoms with Crippen molar-refractivity contribution < 1.29 is 17.3 Å². The number of hydrogen-bond acceptors (Lipinski definition) is 5. The first-order valence-corrected chi connectivity index (χ1v) is 7.87. The van der Waals surface area contributed by atoms with Gasteiger partial charge in [-0.15, -0.1) is 0 Å². The van der Waals surface area contributed by atoms with Gasteiger partial charge in [0.25, 0.3) is 0 Å². The third-order valence-corrected chi connectivity index (χ3v) is 5.19. The number of aromatic nitrogens is 1. The highest BCUT2D eigenvalue weighted by molar-refractivity contribution is 7.91. The largest absolute Gasteiger partial charge is 0.360 e. The Morgan fingerprint density at radius 1 is 1.40 bits per heavy atom. The van der Waals surface area contributed by atoms with Crippen LogP contribution in [0.15, 0.2) is 39.9 Å². The third-order valence-electron chi connectivity index (χ3n) is 3.37. The first-order chi connectivity index (χ1) is 9.56. The molecule has 0 saturated carbocycles. The van der Waals surface area contributed by atoms with Gasteiger partial charge in [0.2, 0.25) is 0 Å². The highest BCUT2D eigenvalue weighted by Gasteiger charge is 2.30. The molecule has 0 fully saturated rings. The zero-order chi connectivity index (χ0) is 14.2. The lowest BCUT2D eigenvalue weighted by atomic mass is 10.0. The van der Waals surface area contributed by atoms with Crippen LogP contribution in [0.5, 0.6) is 0 Å². The van der Waals surface area contributed by atoms with Gasteiger partial charge in [0.1, 0.15) is 11.6 Å². The Balaban J connectivity index is 1.89. The van der Waals surface area contributed by atoms with Gasteiger partial charge in [-0.1, -0.05) is 5.16 Å². The van der Waals surface area contributed by atoms with E-state index in [1.54, 1.807) is 6.07 Å². The molecule has 20 heavy (non-hydrogen) atoms. The maximum Gasteiger partial charge on any atom is 0.178 e. The number of rotatable bonds is 3. The smallest absolute Gasteiger partial charge is 0.178 e. The van der Waals surface area contributed by atoms with Gasteiger partial charge in [-0.25, -0.2) is 12.8 Å². The van der Waals surface area contributed by atoms with Crippen molar-refractivity contribution in [3.05, 3.63) is 47.6 Å². The maximum atomic E-state index is 13.4. The molecule has 7 heteroatoms. The Morgan fingerprint density at radius 2 is 2.25 bits per heavy atom. The van der Waals surface area contributed by atoms with Crippen LogP contribution < -0.4 is 5.32 Å². The predicted molar refractivity (Wildman–Crippen MR) is 69.2 cm³/mol. The number of nitrogens with zero attached hydrogens (tertiary/aromatic N) is 1. The molecule has 0 spiro atoms. The number of sulfone groups is 1. The normalized spacial score (nSPS) is 20.6. The molecule has 1 N–H and O–H groups in total. The average Bonchev–Trinajstić information content (AvgIpc) is 2.90. The Bertz CT molecular complexity index is 713. The second-order valence-corrected chi connectivity index (χ2v) is 6.78. The van der Waals surface area contributed by atoms with Crippen molar-refractivity contribution in [3.8, 4) is 0 Å². The summed E-state index contributed by atoms with van der Waals surface area (Å²) in [4.78, 5) is 0.209. The highest BCUT2D eigenvalue weighted by atomic mass is 32.2. The summed E-state index contributed by atoms with van der Waals surface area (Å²) in [5.74, 6) is 0.267. The number of hydrogen-bond donors (Lipinski definition) is 1. The fourth-order valence-electron chi connectivity index (χ4n) is 2.38. The minimum Gasteiger partial charge on any atom is -0.360 e. The summed E-state index contributed by atoms with van der Waals surface area (Å²) >= 11 is 0. The molecule has 5 nitrogen and oxygen atoms in total. The van der Waals surface area contributed by atoms with Crippen LogP contribution in [0.25, 0.3) is 0 Å². The van der Waals surface area contributed by atoms with Gasteiger partial charge in [0, 0.05) is 12.1 Å². The molecular weight excluding hydrogens is 283 g/mol. The van der Waals surface area contributed by atoms with Gasteiger partial charge >= 0.3 is 0 Å². The summed E-state index contributed by atoms with van der Waals surface area (Å²) in [6, 6.07) is 5.30. The van der Waals surface area contributed by atoms with E-state index in [9.17, 15) is 12.8 Å². The summed E-state index contributed by atoms with van der Waals surface area (Å²) < 4.78 is 42.3. The number of fused-ring (bicyclic) bond motifs is 1. The molecule has 1 aliphatic heterocycles. The van der Waals surface area contributed by atoms with Gasteiger partial charge < -0.3 is 9.84 Å². The van der Waals surface area contributed by atoms with Crippen molar-refractivity contribution in [2.45, 2.75) is 23.9 Å². The molecule has 0 aliphatic carbocycles. The summed E-state index contributed by atoms with van der Waals surface area (Å²) in [7, 11) is -3.31. The lowest BCUT2D eigenvalue weighted by molar-refractivity contribution is 0.360. The lowest BCUT2D eigenvalue weighted by Crippen LogP contribution is -2.29. The van der Waals surface area contributed by atoms with E-state index in [-0.39, 0.29) is 16.7 Å². The van der Waals surface area contributed by atoms with E-state index in [1.807, 2.05) is 0 Å². The van der Waals surface area contributed by atoms with Crippen molar-refractivity contribution in [3.63, 3.8) is 0 Å². The summed E-state index contributed by atoms with van der Waals surface area (Å²) in [5.41, 5.74) is 0.482. The second kappa shape index (κ2) is 4.99. The van der Waals surface area contributed by atoms with Crippen LogP contribution in [0.2, 0.25) is 0 Å². The van der Waals surface area contributed by atoms with Crippen LogP contribution >= 0.6 is 0 Å². The van der Waals surface area contributed by atoms with Crippen LogP contribution in [0, 0.1) is 5.82 Å². The molecule has 1 aliphatic rings. The van der Waals surface area contributed by atoms with E-state index < -0.39 is 15.7 Å². The van der Waals surface area contributed by atoms with Crippen LogP contribution in [-0.2, 0) is 16.4 Å². The Hall–Kier alpha value is -1.73. The van der Waals surface area contributed by atoms with E-state index in [0.29, 0.717) is 24.3 Å². The average molecular weight is 296 g/mol.